The molecule has 0 saturated carbocycles. The number of hydrogen-bond acceptors (Lipinski definition) is 4. The van der Waals surface area contributed by atoms with Gasteiger partial charge in [0.05, 0.1) is 11.4 Å². The summed E-state index contributed by atoms with van der Waals surface area (Å²) in [5.41, 5.74) is 6.78. The van der Waals surface area contributed by atoms with Crippen LogP contribution in [-0.2, 0) is 10.0 Å². The zero-order valence-electron chi connectivity index (χ0n) is 12.1. The molecule has 0 spiro atoms. The molecule has 0 fully saturated rings. The normalized spacial score (nSPS) is 11.2. The fraction of sp³-hybridized carbons (Fsp3) is 0.429. The molecule has 0 atom stereocenters. The summed E-state index contributed by atoms with van der Waals surface area (Å²) in [7, 11) is 0.221. The lowest BCUT2D eigenvalue weighted by Gasteiger charge is -2.12. The highest BCUT2D eigenvalue weighted by molar-refractivity contribution is 7.89. The van der Waals surface area contributed by atoms with Crippen LogP contribution >= 0.6 is 0 Å². The van der Waals surface area contributed by atoms with Crippen molar-refractivity contribution < 1.29 is 8.42 Å². The molecule has 0 radical (unpaired) electrons. The summed E-state index contributed by atoms with van der Waals surface area (Å²) in [6.45, 7) is 3.08. The molecule has 1 aromatic carbocycles. The van der Waals surface area contributed by atoms with Gasteiger partial charge in [0.1, 0.15) is 0 Å². The number of rotatable bonds is 5. The Morgan fingerprint density at radius 1 is 1.35 bits per heavy atom. The van der Waals surface area contributed by atoms with E-state index in [0.717, 1.165) is 5.56 Å². The van der Waals surface area contributed by atoms with Crippen molar-refractivity contribution in [2.75, 3.05) is 33.7 Å². The Hall–Kier alpha value is -1.39. The Bertz CT molecular complexity index is 613. The van der Waals surface area contributed by atoms with E-state index < -0.39 is 10.0 Å². The van der Waals surface area contributed by atoms with Gasteiger partial charge in [-0.3, -0.25) is 0 Å². The zero-order chi connectivity index (χ0) is 15.2. The van der Waals surface area contributed by atoms with Crippen molar-refractivity contribution in [1.82, 2.24) is 9.62 Å². The smallest absolute Gasteiger partial charge is 0.241 e. The summed E-state index contributed by atoms with van der Waals surface area (Å²) in [6.07, 6.45) is 0. The minimum Gasteiger partial charge on any atom is -0.320 e. The largest absolute Gasteiger partial charge is 0.320 e. The van der Waals surface area contributed by atoms with E-state index in [1.54, 1.807) is 18.2 Å². The Morgan fingerprint density at radius 3 is 2.65 bits per heavy atom. The Kier molecular flexibility index (Phi) is 6.17. The fourth-order valence-corrected chi connectivity index (χ4v) is 2.77. The first-order chi connectivity index (χ1) is 9.36. The molecule has 0 amide bonds. The van der Waals surface area contributed by atoms with Crippen LogP contribution in [0.4, 0.5) is 0 Å². The summed E-state index contributed by atoms with van der Waals surface area (Å²) in [5, 5.41) is 0. The third-order valence-electron chi connectivity index (χ3n) is 2.60. The van der Waals surface area contributed by atoms with Crippen LogP contribution in [0, 0.1) is 18.8 Å². The SMILES string of the molecule is Cc1ccc(S(=O)(=O)NCCN(C)C)c(C#CCN)c1. The molecule has 0 aromatic heterocycles. The van der Waals surface area contributed by atoms with E-state index in [1.165, 1.54) is 0 Å². The van der Waals surface area contributed by atoms with Crippen LogP contribution in [-0.4, -0.2) is 47.0 Å². The minimum absolute atomic E-state index is 0.196. The van der Waals surface area contributed by atoms with Crippen LogP contribution in [0.2, 0.25) is 0 Å². The van der Waals surface area contributed by atoms with Gasteiger partial charge in [-0.1, -0.05) is 17.9 Å². The van der Waals surface area contributed by atoms with Gasteiger partial charge in [-0.15, -0.1) is 0 Å². The number of aryl methyl sites for hydroxylation is 1. The Balaban J connectivity index is 3.05. The van der Waals surface area contributed by atoms with Crippen LogP contribution in [0.15, 0.2) is 23.1 Å². The highest BCUT2D eigenvalue weighted by Gasteiger charge is 2.17. The highest BCUT2D eigenvalue weighted by atomic mass is 32.2. The maximum Gasteiger partial charge on any atom is 0.241 e. The monoisotopic (exact) mass is 295 g/mol. The molecule has 110 valence electrons. The second-order valence-corrected chi connectivity index (χ2v) is 6.44. The van der Waals surface area contributed by atoms with E-state index in [9.17, 15) is 8.42 Å². The molecular formula is C14H21N3O2S. The van der Waals surface area contributed by atoms with E-state index in [2.05, 4.69) is 16.6 Å². The lowest BCUT2D eigenvalue weighted by Crippen LogP contribution is -2.31. The summed E-state index contributed by atoms with van der Waals surface area (Å²) in [6, 6.07) is 5.09. The van der Waals surface area contributed by atoms with Crippen molar-refractivity contribution in [3.63, 3.8) is 0 Å². The number of nitrogens with one attached hydrogen (secondary N) is 1. The fourth-order valence-electron chi connectivity index (χ4n) is 1.60. The van der Waals surface area contributed by atoms with Crippen molar-refractivity contribution in [2.24, 2.45) is 5.73 Å². The maximum absolute atomic E-state index is 12.3. The number of benzene rings is 1. The van der Waals surface area contributed by atoms with Gasteiger partial charge in [-0.25, -0.2) is 13.1 Å². The van der Waals surface area contributed by atoms with Gasteiger partial charge in [0.15, 0.2) is 0 Å². The van der Waals surface area contributed by atoms with Crippen LogP contribution in [0.1, 0.15) is 11.1 Å². The van der Waals surface area contributed by atoms with Gasteiger partial charge in [0.2, 0.25) is 10.0 Å². The molecule has 0 heterocycles. The van der Waals surface area contributed by atoms with Gasteiger partial charge in [-0.2, -0.15) is 0 Å². The topological polar surface area (TPSA) is 75.4 Å². The Morgan fingerprint density at radius 2 is 2.05 bits per heavy atom. The third kappa shape index (κ3) is 4.94. The standard InChI is InChI=1S/C14H21N3O2S/c1-12-6-7-14(13(11-12)5-4-8-15)20(18,19)16-9-10-17(2)3/h6-7,11,16H,8-10,15H2,1-3H3. The summed E-state index contributed by atoms with van der Waals surface area (Å²) < 4.78 is 27.1. The molecule has 3 N–H and O–H groups in total. The molecule has 0 saturated heterocycles. The lowest BCUT2D eigenvalue weighted by atomic mass is 10.1. The number of nitrogens with zero attached hydrogens (tertiary/aromatic N) is 1. The average Bonchev–Trinajstić information content (AvgIpc) is 2.35. The van der Waals surface area contributed by atoms with Gasteiger partial charge in [-0.05, 0) is 38.7 Å². The lowest BCUT2D eigenvalue weighted by molar-refractivity contribution is 0.412. The molecule has 0 aliphatic rings. The number of likely N-dealkylation sites (N-methyl/N-ethyl adjacent to an activating group) is 1. The van der Waals surface area contributed by atoms with Crippen LogP contribution in [0.25, 0.3) is 0 Å². The van der Waals surface area contributed by atoms with E-state index in [0.29, 0.717) is 18.7 Å². The molecule has 0 aliphatic heterocycles. The number of sulfonamides is 1. The third-order valence-corrected chi connectivity index (χ3v) is 4.12. The predicted molar refractivity (Wildman–Crippen MR) is 80.9 cm³/mol. The maximum atomic E-state index is 12.3. The van der Waals surface area contributed by atoms with Gasteiger partial charge in [0.25, 0.3) is 0 Å². The molecule has 0 unspecified atom stereocenters. The first-order valence-corrected chi connectivity index (χ1v) is 7.79. The van der Waals surface area contributed by atoms with Crippen molar-refractivity contribution >= 4 is 10.0 Å². The second kappa shape index (κ2) is 7.41. The first kappa shape index (κ1) is 16.7. The van der Waals surface area contributed by atoms with E-state index in [1.807, 2.05) is 25.9 Å². The van der Waals surface area contributed by atoms with E-state index >= 15 is 0 Å². The van der Waals surface area contributed by atoms with Gasteiger partial charge in [0, 0.05) is 18.7 Å². The predicted octanol–water partition coefficient (Wildman–Crippen LogP) is 0.145. The van der Waals surface area contributed by atoms with Gasteiger partial charge < -0.3 is 10.6 Å². The first-order valence-electron chi connectivity index (χ1n) is 6.31. The molecular weight excluding hydrogens is 274 g/mol. The van der Waals surface area contributed by atoms with Crippen LogP contribution in [0.3, 0.4) is 0 Å². The summed E-state index contributed by atoms with van der Waals surface area (Å²) in [5.74, 6) is 5.51. The molecule has 6 heteroatoms. The Labute approximate surface area is 121 Å². The van der Waals surface area contributed by atoms with Crippen LogP contribution < -0.4 is 10.5 Å². The number of hydrogen-bond donors (Lipinski definition) is 2. The molecule has 1 aromatic rings. The second-order valence-electron chi connectivity index (χ2n) is 4.71. The van der Waals surface area contributed by atoms with Gasteiger partial charge >= 0.3 is 0 Å². The van der Waals surface area contributed by atoms with Crippen molar-refractivity contribution in [3.8, 4) is 11.8 Å². The molecule has 5 nitrogen and oxygen atoms in total. The summed E-state index contributed by atoms with van der Waals surface area (Å²) >= 11 is 0. The van der Waals surface area contributed by atoms with Crippen molar-refractivity contribution in [2.45, 2.75) is 11.8 Å². The quantitative estimate of drug-likeness (QED) is 0.758. The minimum atomic E-state index is -3.55. The zero-order valence-corrected chi connectivity index (χ0v) is 12.9. The summed E-state index contributed by atoms with van der Waals surface area (Å²) in [4.78, 5) is 2.11. The highest BCUT2D eigenvalue weighted by Crippen LogP contribution is 2.16. The van der Waals surface area contributed by atoms with Crippen molar-refractivity contribution in [3.05, 3.63) is 29.3 Å². The van der Waals surface area contributed by atoms with E-state index in [4.69, 9.17) is 5.73 Å². The van der Waals surface area contributed by atoms with Crippen LogP contribution in [0.5, 0.6) is 0 Å². The average molecular weight is 295 g/mol. The van der Waals surface area contributed by atoms with E-state index in [-0.39, 0.29) is 11.4 Å². The number of nitrogens with two attached hydrogens (primary N) is 1. The molecule has 1 rings (SSSR count). The molecule has 0 aliphatic carbocycles. The van der Waals surface area contributed by atoms with Crippen molar-refractivity contribution in [1.29, 1.82) is 0 Å². The molecule has 20 heavy (non-hydrogen) atoms. The molecule has 0 bridgehead atoms.